The van der Waals surface area contributed by atoms with E-state index in [-0.39, 0.29) is 62.6 Å². The molecule has 0 spiro atoms. The highest BCUT2D eigenvalue weighted by Gasteiger charge is 2.55. The van der Waals surface area contributed by atoms with Gasteiger partial charge in [-0.25, -0.2) is 8.78 Å². The van der Waals surface area contributed by atoms with Gasteiger partial charge in [-0.15, -0.1) is 23.2 Å². The number of hydrogen-bond donors (Lipinski definition) is 3. The van der Waals surface area contributed by atoms with Gasteiger partial charge in [-0.2, -0.15) is 0 Å². The standard InChI is InChI=1S/C25H38Cl2F2N2O5/c26-18-3-1-16(9-20(18)28)35-13-22(33)30-24-5-7-25(8-6-24,15(11-24)12-32)31-23(34)14-36-17-2-4-19(27)21(29)10-17/h15-21,32H,1-14H2,(H,30,33)(H,31,34). The van der Waals surface area contributed by atoms with Crippen LogP contribution in [0.3, 0.4) is 0 Å². The molecule has 7 atom stereocenters. The van der Waals surface area contributed by atoms with Gasteiger partial charge in [-0.05, 0) is 57.8 Å². The fraction of sp³-hybridized carbons (Fsp3) is 0.920. The molecule has 36 heavy (non-hydrogen) atoms. The van der Waals surface area contributed by atoms with Crippen LogP contribution >= 0.6 is 23.2 Å². The predicted octanol–water partition coefficient (Wildman–Crippen LogP) is 3.31. The molecule has 5 aliphatic carbocycles. The summed E-state index contributed by atoms with van der Waals surface area (Å²) in [5, 5.41) is 15.4. The van der Waals surface area contributed by atoms with Crippen LogP contribution in [-0.2, 0) is 19.1 Å². The van der Waals surface area contributed by atoms with Crippen molar-refractivity contribution < 1.29 is 33.0 Å². The summed E-state index contributed by atoms with van der Waals surface area (Å²) in [6.07, 6.45) is 2.95. The van der Waals surface area contributed by atoms with Crippen LogP contribution in [0.5, 0.6) is 0 Å². The molecule has 0 heterocycles. The number of ether oxygens (including phenoxy) is 2. The van der Waals surface area contributed by atoms with Crippen molar-refractivity contribution in [1.29, 1.82) is 0 Å². The second-order valence-corrected chi connectivity index (χ2v) is 12.3. The normalized spacial score (nSPS) is 42.6. The molecule has 3 N–H and O–H groups in total. The van der Waals surface area contributed by atoms with Crippen LogP contribution in [0, 0.1) is 5.92 Å². The summed E-state index contributed by atoms with van der Waals surface area (Å²) in [5.41, 5.74) is -1.01. The minimum Gasteiger partial charge on any atom is -0.396 e. The first-order chi connectivity index (χ1) is 17.1. The average molecular weight is 555 g/mol. The van der Waals surface area contributed by atoms with E-state index in [1.165, 1.54) is 0 Å². The summed E-state index contributed by atoms with van der Waals surface area (Å²) < 4.78 is 39.0. The second kappa shape index (κ2) is 12.0. The molecule has 0 radical (unpaired) electrons. The maximum atomic E-state index is 13.8. The van der Waals surface area contributed by atoms with Crippen LogP contribution in [0.25, 0.3) is 0 Å². The minimum absolute atomic E-state index is 0.113. The summed E-state index contributed by atoms with van der Waals surface area (Å²) in [6.45, 7) is -0.409. The number of fused-ring (bicyclic) bond motifs is 3. The highest BCUT2D eigenvalue weighted by molar-refractivity contribution is 6.21. The molecule has 0 aromatic rings. The fourth-order valence-corrected chi connectivity index (χ4v) is 6.97. The van der Waals surface area contributed by atoms with E-state index >= 15 is 0 Å². The molecule has 11 heteroatoms. The summed E-state index contributed by atoms with van der Waals surface area (Å²) >= 11 is 11.8. The van der Waals surface area contributed by atoms with Gasteiger partial charge in [0.1, 0.15) is 25.6 Å². The van der Waals surface area contributed by atoms with Gasteiger partial charge in [0.05, 0.1) is 23.0 Å². The van der Waals surface area contributed by atoms with Crippen LogP contribution in [0.2, 0.25) is 0 Å². The van der Waals surface area contributed by atoms with E-state index in [9.17, 15) is 23.5 Å². The lowest BCUT2D eigenvalue weighted by molar-refractivity contribution is -0.139. The first-order valence-corrected chi connectivity index (χ1v) is 14.0. The molecule has 7 unspecified atom stereocenters. The molecule has 5 rings (SSSR count). The number of carbonyl (C=O) groups is 2. The van der Waals surface area contributed by atoms with Gasteiger partial charge in [0.15, 0.2) is 0 Å². The Morgan fingerprint density at radius 2 is 1.33 bits per heavy atom. The van der Waals surface area contributed by atoms with Gasteiger partial charge in [0, 0.05) is 36.4 Å². The third-order valence-corrected chi connectivity index (χ3v) is 9.70. The van der Waals surface area contributed by atoms with Gasteiger partial charge < -0.3 is 25.2 Å². The Hall–Kier alpha value is -0.740. The number of alkyl halides is 4. The van der Waals surface area contributed by atoms with Gasteiger partial charge in [-0.3, -0.25) is 9.59 Å². The molecule has 5 fully saturated rings. The second-order valence-electron chi connectivity index (χ2n) is 11.2. The molecule has 2 bridgehead atoms. The lowest BCUT2D eigenvalue weighted by Gasteiger charge is -2.57. The number of aliphatic hydroxyl groups is 1. The first kappa shape index (κ1) is 28.3. The zero-order chi connectivity index (χ0) is 25.9. The molecule has 206 valence electrons. The van der Waals surface area contributed by atoms with Crippen molar-refractivity contribution in [1.82, 2.24) is 10.6 Å². The van der Waals surface area contributed by atoms with Crippen molar-refractivity contribution in [3.63, 3.8) is 0 Å². The average Bonchev–Trinajstić information content (AvgIpc) is 2.86. The van der Waals surface area contributed by atoms with E-state index in [1.807, 2.05) is 0 Å². The summed E-state index contributed by atoms with van der Waals surface area (Å²) in [7, 11) is 0. The maximum absolute atomic E-state index is 13.8. The Labute approximate surface area is 221 Å². The topological polar surface area (TPSA) is 96.9 Å². The number of carbonyl (C=O) groups excluding carboxylic acids is 2. The van der Waals surface area contributed by atoms with E-state index in [0.29, 0.717) is 57.8 Å². The molecule has 5 saturated carbocycles. The molecule has 0 aromatic heterocycles. The number of aliphatic hydroxyl groups excluding tert-OH is 1. The Morgan fingerprint density at radius 3 is 1.81 bits per heavy atom. The summed E-state index contributed by atoms with van der Waals surface area (Å²) in [4.78, 5) is 25.4. The Morgan fingerprint density at radius 1 is 0.833 bits per heavy atom. The summed E-state index contributed by atoms with van der Waals surface area (Å²) in [6, 6.07) is 0. The third kappa shape index (κ3) is 6.63. The van der Waals surface area contributed by atoms with Crippen LogP contribution in [0.4, 0.5) is 8.78 Å². The molecule has 7 nitrogen and oxygen atoms in total. The Balaban J connectivity index is 1.24. The van der Waals surface area contributed by atoms with Gasteiger partial charge >= 0.3 is 0 Å². The zero-order valence-corrected chi connectivity index (χ0v) is 22.0. The van der Waals surface area contributed by atoms with Crippen LogP contribution in [-0.4, -0.2) is 83.1 Å². The van der Waals surface area contributed by atoms with E-state index in [1.54, 1.807) is 0 Å². The van der Waals surface area contributed by atoms with Gasteiger partial charge in [0.2, 0.25) is 11.8 Å². The number of rotatable bonds is 9. The Bertz CT molecular complexity index is 786. The molecule has 5 aliphatic rings. The van der Waals surface area contributed by atoms with Crippen molar-refractivity contribution in [3.05, 3.63) is 0 Å². The van der Waals surface area contributed by atoms with Crippen LogP contribution in [0.15, 0.2) is 0 Å². The smallest absolute Gasteiger partial charge is 0.246 e. The van der Waals surface area contributed by atoms with E-state index in [4.69, 9.17) is 32.7 Å². The maximum Gasteiger partial charge on any atom is 0.246 e. The van der Waals surface area contributed by atoms with E-state index in [2.05, 4.69) is 10.6 Å². The van der Waals surface area contributed by atoms with E-state index < -0.39 is 34.2 Å². The monoisotopic (exact) mass is 554 g/mol. The number of halogens is 4. The predicted molar refractivity (Wildman–Crippen MR) is 132 cm³/mol. The fourth-order valence-electron chi connectivity index (χ4n) is 6.52. The van der Waals surface area contributed by atoms with Crippen molar-refractivity contribution in [3.8, 4) is 0 Å². The molecule has 0 aromatic carbocycles. The molecular formula is C25H38Cl2F2N2O5. The first-order valence-electron chi connectivity index (χ1n) is 13.2. The van der Waals surface area contributed by atoms with Gasteiger partial charge in [0.25, 0.3) is 0 Å². The van der Waals surface area contributed by atoms with Crippen molar-refractivity contribution in [2.45, 2.75) is 117 Å². The third-order valence-electron chi connectivity index (χ3n) is 8.72. The SMILES string of the molecule is O=C(COC1CCC(Cl)C(F)C1)NC12CCC(NC(=O)COC3CCC(Cl)C(F)C3)(CC1)C(CO)C2. The highest BCUT2D eigenvalue weighted by atomic mass is 35.5. The lowest BCUT2D eigenvalue weighted by Crippen LogP contribution is -2.69. The molecule has 2 amide bonds. The van der Waals surface area contributed by atoms with Crippen LogP contribution < -0.4 is 10.6 Å². The quantitative estimate of drug-likeness (QED) is 0.380. The van der Waals surface area contributed by atoms with Crippen molar-refractivity contribution in [2.75, 3.05) is 19.8 Å². The summed E-state index contributed by atoms with van der Waals surface area (Å²) in [5.74, 6) is -0.736. The molecule has 0 saturated heterocycles. The minimum atomic E-state index is -1.13. The zero-order valence-electron chi connectivity index (χ0n) is 20.5. The van der Waals surface area contributed by atoms with Crippen molar-refractivity contribution in [2.24, 2.45) is 5.92 Å². The number of amides is 2. The lowest BCUT2D eigenvalue weighted by atomic mass is 9.56. The molecular weight excluding hydrogens is 517 g/mol. The number of nitrogens with one attached hydrogen (secondary N) is 2. The molecule has 0 aliphatic heterocycles. The Kier molecular flexibility index (Phi) is 9.40. The number of hydrogen-bond acceptors (Lipinski definition) is 5. The van der Waals surface area contributed by atoms with Gasteiger partial charge in [-0.1, -0.05) is 0 Å². The largest absolute Gasteiger partial charge is 0.396 e. The van der Waals surface area contributed by atoms with Crippen LogP contribution in [0.1, 0.15) is 70.6 Å². The highest BCUT2D eigenvalue weighted by Crippen LogP contribution is 2.50. The van der Waals surface area contributed by atoms with E-state index in [0.717, 1.165) is 0 Å². The van der Waals surface area contributed by atoms with Crippen molar-refractivity contribution >= 4 is 35.0 Å².